The smallest absolute Gasteiger partial charge is 0.234 e. The maximum atomic E-state index is 12.2. The minimum atomic E-state index is -0.615. The molecule has 1 aliphatic heterocycles. The van der Waals surface area contributed by atoms with Gasteiger partial charge < -0.3 is 20.3 Å². The predicted octanol–water partition coefficient (Wildman–Crippen LogP) is 0.417. The van der Waals surface area contributed by atoms with Gasteiger partial charge in [0.15, 0.2) is 0 Å². The molecule has 2 aliphatic rings. The lowest BCUT2D eigenvalue weighted by atomic mass is 9.79. The van der Waals surface area contributed by atoms with E-state index >= 15 is 0 Å². The molecule has 1 amide bonds. The third kappa shape index (κ3) is 4.51. The molecule has 0 unspecified atom stereocenters. The molecule has 1 aromatic rings. The number of nitrogens with zero attached hydrogens (tertiary/aromatic N) is 1. The molecule has 25 heavy (non-hydrogen) atoms. The molecule has 1 heterocycles. The first-order valence-electron chi connectivity index (χ1n) is 9.04. The van der Waals surface area contributed by atoms with Crippen molar-refractivity contribution in [1.82, 2.24) is 10.2 Å². The molecule has 3 N–H and O–H groups in total. The van der Waals surface area contributed by atoms with Gasteiger partial charge in [0, 0.05) is 19.6 Å². The number of ether oxygens (including phenoxy) is 1. The summed E-state index contributed by atoms with van der Waals surface area (Å²) in [5.41, 5.74) is 1.08. The van der Waals surface area contributed by atoms with Crippen LogP contribution in [-0.2, 0) is 11.2 Å². The molecule has 1 aliphatic carbocycles. The van der Waals surface area contributed by atoms with Crippen LogP contribution in [0, 0.1) is 11.8 Å². The van der Waals surface area contributed by atoms with Gasteiger partial charge in [-0.2, -0.15) is 0 Å². The number of hydrogen-bond donors (Lipinski definition) is 3. The largest absolute Gasteiger partial charge is 0.496 e. The van der Waals surface area contributed by atoms with Crippen molar-refractivity contribution in [2.45, 2.75) is 31.5 Å². The second-order valence-electron chi connectivity index (χ2n) is 7.23. The Morgan fingerprint density at radius 1 is 1.20 bits per heavy atom. The van der Waals surface area contributed by atoms with E-state index in [-0.39, 0.29) is 5.91 Å². The van der Waals surface area contributed by atoms with Crippen molar-refractivity contribution in [2.75, 3.05) is 33.3 Å². The lowest BCUT2D eigenvalue weighted by molar-refractivity contribution is -0.122. The van der Waals surface area contributed by atoms with Crippen LogP contribution in [0.3, 0.4) is 0 Å². The Balaban J connectivity index is 1.41. The van der Waals surface area contributed by atoms with Gasteiger partial charge in [0.05, 0.1) is 25.9 Å². The summed E-state index contributed by atoms with van der Waals surface area (Å²) in [6, 6.07) is 7.83. The van der Waals surface area contributed by atoms with Gasteiger partial charge in [0.25, 0.3) is 0 Å². The molecule has 2 fully saturated rings. The average Bonchev–Trinajstić information content (AvgIpc) is 2.96. The second-order valence-corrected chi connectivity index (χ2v) is 7.23. The van der Waals surface area contributed by atoms with E-state index in [4.69, 9.17) is 4.74 Å². The van der Waals surface area contributed by atoms with Gasteiger partial charge in [-0.3, -0.25) is 9.69 Å². The SMILES string of the molecule is COc1ccccc1CCNC(=O)CN1C[C@H]2C[C@H](O)[C@H](O)C[C@H]2C1. The van der Waals surface area contributed by atoms with E-state index in [1.165, 1.54) is 0 Å². The van der Waals surface area contributed by atoms with Crippen LogP contribution in [0.5, 0.6) is 5.75 Å². The molecule has 0 bridgehead atoms. The number of aliphatic hydroxyl groups is 2. The number of hydrogen-bond acceptors (Lipinski definition) is 5. The standard InChI is InChI=1S/C19H28N2O4/c1-25-18-5-3-2-4-13(18)6-7-20-19(24)12-21-10-14-8-16(22)17(23)9-15(14)11-21/h2-5,14-17,22-23H,6-12H2,1H3,(H,20,24)/t14-,15+,16+,17-. The zero-order valence-corrected chi connectivity index (χ0v) is 14.7. The highest BCUT2D eigenvalue weighted by molar-refractivity contribution is 5.78. The van der Waals surface area contributed by atoms with E-state index in [1.807, 2.05) is 24.3 Å². The van der Waals surface area contributed by atoms with Crippen LogP contribution in [0.2, 0.25) is 0 Å². The number of carbonyl (C=O) groups is 1. The van der Waals surface area contributed by atoms with Gasteiger partial charge in [0.2, 0.25) is 5.91 Å². The molecule has 0 radical (unpaired) electrons. The van der Waals surface area contributed by atoms with Crippen molar-refractivity contribution in [1.29, 1.82) is 0 Å². The first-order chi connectivity index (χ1) is 12.1. The minimum Gasteiger partial charge on any atom is -0.496 e. The van der Waals surface area contributed by atoms with E-state index < -0.39 is 12.2 Å². The van der Waals surface area contributed by atoms with Gasteiger partial charge in [-0.1, -0.05) is 18.2 Å². The Kier molecular flexibility index (Phi) is 5.93. The zero-order valence-electron chi connectivity index (χ0n) is 14.7. The predicted molar refractivity (Wildman–Crippen MR) is 94.4 cm³/mol. The molecular formula is C19H28N2O4. The maximum absolute atomic E-state index is 12.2. The molecule has 138 valence electrons. The van der Waals surface area contributed by atoms with Gasteiger partial charge in [-0.25, -0.2) is 0 Å². The van der Waals surface area contributed by atoms with Crippen molar-refractivity contribution in [3.05, 3.63) is 29.8 Å². The molecular weight excluding hydrogens is 320 g/mol. The molecule has 1 saturated carbocycles. The molecule has 1 saturated heterocycles. The normalized spacial score (nSPS) is 29.2. The summed E-state index contributed by atoms with van der Waals surface area (Å²) < 4.78 is 5.32. The van der Waals surface area contributed by atoms with Crippen molar-refractivity contribution < 1.29 is 19.7 Å². The minimum absolute atomic E-state index is 0.0228. The quantitative estimate of drug-likeness (QED) is 0.694. The highest BCUT2D eigenvalue weighted by atomic mass is 16.5. The van der Waals surface area contributed by atoms with E-state index in [1.54, 1.807) is 7.11 Å². The van der Waals surface area contributed by atoms with Crippen molar-refractivity contribution in [3.63, 3.8) is 0 Å². The van der Waals surface area contributed by atoms with Gasteiger partial charge in [-0.15, -0.1) is 0 Å². The molecule has 6 nitrogen and oxygen atoms in total. The third-order valence-corrected chi connectivity index (χ3v) is 5.46. The maximum Gasteiger partial charge on any atom is 0.234 e. The van der Waals surface area contributed by atoms with E-state index in [2.05, 4.69) is 10.2 Å². The number of methoxy groups -OCH3 is 1. The number of aliphatic hydroxyl groups excluding tert-OH is 2. The third-order valence-electron chi connectivity index (χ3n) is 5.46. The van der Waals surface area contributed by atoms with E-state index in [9.17, 15) is 15.0 Å². The van der Waals surface area contributed by atoms with E-state index in [0.29, 0.717) is 37.8 Å². The van der Waals surface area contributed by atoms with Crippen molar-refractivity contribution >= 4 is 5.91 Å². The Morgan fingerprint density at radius 3 is 2.48 bits per heavy atom. The van der Waals surface area contributed by atoms with E-state index in [0.717, 1.165) is 30.8 Å². The summed E-state index contributed by atoms with van der Waals surface area (Å²) in [6.45, 7) is 2.62. The number of benzene rings is 1. The Hall–Kier alpha value is -1.63. The summed E-state index contributed by atoms with van der Waals surface area (Å²) in [5.74, 6) is 1.65. The zero-order chi connectivity index (χ0) is 17.8. The molecule has 0 spiro atoms. The van der Waals surface area contributed by atoms with Crippen molar-refractivity contribution in [2.24, 2.45) is 11.8 Å². The summed E-state index contributed by atoms with van der Waals surface area (Å²) in [7, 11) is 1.65. The van der Waals surface area contributed by atoms with Crippen LogP contribution < -0.4 is 10.1 Å². The van der Waals surface area contributed by atoms with Crippen LogP contribution in [-0.4, -0.2) is 66.5 Å². The number of para-hydroxylation sites is 1. The molecule has 0 aromatic heterocycles. The van der Waals surface area contributed by atoms with Gasteiger partial charge in [0.1, 0.15) is 5.75 Å². The summed E-state index contributed by atoms with van der Waals surface area (Å²) in [6.07, 6.45) is 0.779. The van der Waals surface area contributed by atoms with Crippen molar-refractivity contribution in [3.8, 4) is 5.75 Å². The summed E-state index contributed by atoms with van der Waals surface area (Å²) in [4.78, 5) is 14.3. The topological polar surface area (TPSA) is 82.0 Å². The lowest BCUT2D eigenvalue weighted by Crippen LogP contribution is -2.38. The Morgan fingerprint density at radius 2 is 1.84 bits per heavy atom. The summed E-state index contributed by atoms with van der Waals surface area (Å²) in [5, 5.41) is 22.6. The number of amides is 1. The fraction of sp³-hybridized carbons (Fsp3) is 0.632. The fourth-order valence-corrected chi connectivity index (χ4v) is 4.14. The number of fused-ring (bicyclic) bond motifs is 1. The highest BCUT2D eigenvalue weighted by Crippen LogP contribution is 2.36. The lowest BCUT2D eigenvalue weighted by Gasteiger charge is -2.32. The highest BCUT2D eigenvalue weighted by Gasteiger charge is 2.41. The molecule has 6 heteroatoms. The fourth-order valence-electron chi connectivity index (χ4n) is 4.14. The first-order valence-corrected chi connectivity index (χ1v) is 9.04. The first kappa shape index (κ1) is 18.2. The Labute approximate surface area is 148 Å². The van der Waals surface area contributed by atoms with Gasteiger partial charge >= 0.3 is 0 Å². The molecule has 4 atom stereocenters. The van der Waals surface area contributed by atoms with Crippen LogP contribution in [0.25, 0.3) is 0 Å². The second kappa shape index (κ2) is 8.17. The van der Waals surface area contributed by atoms with Crippen LogP contribution in [0.4, 0.5) is 0 Å². The monoisotopic (exact) mass is 348 g/mol. The number of carbonyl (C=O) groups excluding carboxylic acids is 1. The number of rotatable bonds is 6. The number of likely N-dealkylation sites (tertiary alicyclic amines) is 1. The summed E-state index contributed by atoms with van der Waals surface area (Å²) >= 11 is 0. The molecule has 3 rings (SSSR count). The van der Waals surface area contributed by atoms with Gasteiger partial charge in [-0.05, 0) is 42.7 Å². The van der Waals surface area contributed by atoms with Crippen LogP contribution in [0.15, 0.2) is 24.3 Å². The Bertz CT molecular complexity index is 577. The average molecular weight is 348 g/mol. The van der Waals surface area contributed by atoms with Crippen LogP contribution >= 0.6 is 0 Å². The molecule has 1 aromatic carbocycles. The number of nitrogens with one attached hydrogen (secondary N) is 1. The van der Waals surface area contributed by atoms with Crippen LogP contribution in [0.1, 0.15) is 18.4 Å².